The van der Waals surface area contributed by atoms with Crippen LogP contribution >= 0.6 is 0 Å². The minimum Gasteiger partial charge on any atom is -0.493 e. The second-order valence-electron chi connectivity index (χ2n) is 7.42. The average Bonchev–Trinajstić information content (AvgIpc) is 2.67. The van der Waals surface area contributed by atoms with E-state index in [1.165, 1.54) is 7.11 Å². The van der Waals surface area contributed by atoms with E-state index in [-0.39, 0.29) is 24.2 Å². The van der Waals surface area contributed by atoms with Crippen molar-refractivity contribution in [1.29, 1.82) is 0 Å². The van der Waals surface area contributed by atoms with Gasteiger partial charge in [0.25, 0.3) is 0 Å². The van der Waals surface area contributed by atoms with Crippen LogP contribution < -0.4 is 8.92 Å². The van der Waals surface area contributed by atoms with Crippen LogP contribution in [0.25, 0.3) is 0 Å². The summed E-state index contributed by atoms with van der Waals surface area (Å²) in [5.74, 6) is 0.515. The molecule has 1 amide bonds. The zero-order valence-corrected chi connectivity index (χ0v) is 18.6. The first-order valence-electron chi connectivity index (χ1n) is 9.63. The highest BCUT2D eigenvalue weighted by molar-refractivity contribution is 7.86. The highest BCUT2D eigenvalue weighted by atomic mass is 32.2. The highest BCUT2D eigenvalue weighted by Crippen LogP contribution is 2.29. The molecule has 0 atom stereocenters. The second-order valence-corrected chi connectivity index (χ2v) is 8.99. The van der Waals surface area contributed by atoms with Gasteiger partial charge in [0.2, 0.25) is 5.91 Å². The Balaban J connectivity index is 2.09. The molecule has 0 saturated carbocycles. The molecule has 164 valence electrons. The highest BCUT2D eigenvalue weighted by Gasteiger charge is 2.18. The minimum absolute atomic E-state index is 0.0372. The first-order valence-corrected chi connectivity index (χ1v) is 11.5. The fraction of sp³-hybridized carbons (Fsp3) is 0.409. The summed E-state index contributed by atoms with van der Waals surface area (Å²) >= 11 is 0. The second kappa shape index (κ2) is 11.0. The van der Waals surface area contributed by atoms with E-state index in [0.717, 1.165) is 17.4 Å². The van der Waals surface area contributed by atoms with Crippen LogP contribution in [0.15, 0.2) is 48.5 Å². The summed E-state index contributed by atoms with van der Waals surface area (Å²) in [6.45, 7) is 5.22. The first-order chi connectivity index (χ1) is 14.2. The summed E-state index contributed by atoms with van der Waals surface area (Å²) < 4.78 is 38.8. The van der Waals surface area contributed by atoms with Gasteiger partial charge in [-0.25, -0.2) is 0 Å². The zero-order valence-electron chi connectivity index (χ0n) is 17.8. The lowest BCUT2D eigenvalue weighted by Gasteiger charge is -2.25. The third kappa shape index (κ3) is 8.04. The monoisotopic (exact) mass is 435 g/mol. The molecule has 2 rings (SSSR count). The van der Waals surface area contributed by atoms with Gasteiger partial charge in [0.15, 0.2) is 11.5 Å². The summed E-state index contributed by atoms with van der Waals surface area (Å²) in [5.41, 5.74) is 1.73. The van der Waals surface area contributed by atoms with E-state index in [9.17, 15) is 13.2 Å². The van der Waals surface area contributed by atoms with Crippen molar-refractivity contribution in [2.24, 2.45) is 5.92 Å². The van der Waals surface area contributed by atoms with Crippen LogP contribution in [0, 0.1) is 5.92 Å². The lowest BCUT2D eigenvalue weighted by atomic mass is 10.1. The van der Waals surface area contributed by atoms with Crippen molar-refractivity contribution in [2.45, 2.75) is 27.0 Å². The van der Waals surface area contributed by atoms with Crippen LogP contribution in [0.2, 0.25) is 0 Å². The maximum Gasteiger partial charge on any atom is 0.306 e. The Bertz CT molecular complexity index is 928. The number of benzene rings is 2. The van der Waals surface area contributed by atoms with E-state index < -0.39 is 10.1 Å². The molecule has 0 heterocycles. The van der Waals surface area contributed by atoms with E-state index >= 15 is 0 Å². The summed E-state index contributed by atoms with van der Waals surface area (Å²) in [7, 11) is -2.28. The van der Waals surface area contributed by atoms with Gasteiger partial charge in [0.05, 0.1) is 20.0 Å². The van der Waals surface area contributed by atoms with Crippen molar-refractivity contribution in [3.05, 3.63) is 59.7 Å². The molecule has 0 aliphatic carbocycles. The molecule has 0 aliphatic heterocycles. The summed E-state index contributed by atoms with van der Waals surface area (Å²) in [6.07, 6.45) is 0.970. The van der Waals surface area contributed by atoms with Gasteiger partial charge >= 0.3 is 10.1 Å². The number of rotatable bonds is 11. The lowest BCUT2D eigenvalue weighted by Crippen LogP contribution is -2.36. The Morgan fingerprint density at radius 3 is 2.33 bits per heavy atom. The molecule has 0 radical (unpaired) electrons. The molecule has 0 saturated heterocycles. The van der Waals surface area contributed by atoms with E-state index in [0.29, 0.717) is 25.4 Å². The predicted molar refractivity (Wildman–Crippen MR) is 115 cm³/mol. The number of nitrogens with zero attached hydrogens (tertiary/aromatic N) is 1. The molecule has 8 heteroatoms. The molecule has 0 aromatic heterocycles. The number of hydrogen-bond donors (Lipinski definition) is 0. The number of amides is 1. The Hall–Kier alpha value is -2.58. The van der Waals surface area contributed by atoms with Crippen LogP contribution in [0.5, 0.6) is 11.5 Å². The lowest BCUT2D eigenvalue weighted by molar-refractivity contribution is -0.137. The van der Waals surface area contributed by atoms with Gasteiger partial charge in [0.1, 0.15) is 6.61 Å². The van der Waals surface area contributed by atoms with Gasteiger partial charge in [-0.15, -0.1) is 0 Å². The Morgan fingerprint density at radius 1 is 1.03 bits per heavy atom. The maximum atomic E-state index is 12.8. The van der Waals surface area contributed by atoms with Gasteiger partial charge in [-0.3, -0.25) is 4.79 Å². The average molecular weight is 436 g/mol. The third-order valence-electron chi connectivity index (χ3n) is 4.12. The van der Waals surface area contributed by atoms with Crippen LogP contribution in [0.3, 0.4) is 0 Å². The number of carbonyl (C=O) groups is 1. The SMILES string of the molecule is COc1ccc(CN(CC(C)C)C(=O)COCc2ccccc2)cc1OS(C)(=O)=O. The Labute approximate surface area is 178 Å². The summed E-state index contributed by atoms with van der Waals surface area (Å²) in [6, 6.07) is 14.6. The van der Waals surface area contributed by atoms with Crippen molar-refractivity contribution in [3.8, 4) is 11.5 Å². The standard InChI is InChI=1S/C22H29NO6S/c1-17(2)13-23(22(24)16-28-15-18-8-6-5-7-9-18)14-19-10-11-20(27-3)21(12-19)29-30(4,25)26/h5-12,17H,13-16H2,1-4H3. The van der Waals surface area contributed by atoms with Crippen LogP contribution in [0.1, 0.15) is 25.0 Å². The molecule has 2 aromatic carbocycles. The molecule has 0 N–H and O–H groups in total. The molecule has 30 heavy (non-hydrogen) atoms. The molecular weight excluding hydrogens is 406 g/mol. The van der Waals surface area contributed by atoms with Crippen LogP contribution in [0.4, 0.5) is 0 Å². The number of carbonyl (C=O) groups excluding carboxylic acids is 1. The molecule has 0 bridgehead atoms. The molecule has 0 unspecified atom stereocenters. The molecular formula is C22H29NO6S. The third-order valence-corrected chi connectivity index (χ3v) is 4.60. The predicted octanol–water partition coefficient (Wildman–Crippen LogP) is 3.24. The van der Waals surface area contributed by atoms with Crippen LogP contribution in [-0.4, -0.2) is 45.7 Å². The molecule has 2 aromatic rings. The molecule has 7 nitrogen and oxygen atoms in total. The van der Waals surface area contributed by atoms with Crippen molar-refractivity contribution in [1.82, 2.24) is 4.90 Å². The largest absolute Gasteiger partial charge is 0.493 e. The van der Waals surface area contributed by atoms with Crippen molar-refractivity contribution >= 4 is 16.0 Å². The van der Waals surface area contributed by atoms with Gasteiger partial charge < -0.3 is 18.6 Å². The number of hydrogen-bond acceptors (Lipinski definition) is 6. The van der Waals surface area contributed by atoms with Gasteiger partial charge in [0, 0.05) is 13.1 Å². The fourth-order valence-corrected chi connectivity index (χ4v) is 3.34. The fourth-order valence-electron chi connectivity index (χ4n) is 2.89. The Kier molecular flexibility index (Phi) is 8.68. The normalized spacial score (nSPS) is 11.4. The van der Waals surface area contributed by atoms with E-state index in [1.807, 2.05) is 44.2 Å². The summed E-state index contributed by atoms with van der Waals surface area (Å²) in [5, 5.41) is 0. The van der Waals surface area contributed by atoms with Crippen molar-refractivity contribution < 1.29 is 26.9 Å². The molecule has 0 fully saturated rings. The van der Waals surface area contributed by atoms with Gasteiger partial charge in [-0.05, 0) is 29.2 Å². The van der Waals surface area contributed by atoms with E-state index in [2.05, 4.69) is 0 Å². The van der Waals surface area contributed by atoms with Crippen LogP contribution in [-0.2, 0) is 32.8 Å². The maximum absolute atomic E-state index is 12.8. The van der Waals surface area contributed by atoms with Crippen molar-refractivity contribution in [2.75, 3.05) is 26.5 Å². The molecule has 0 spiro atoms. The topological polar surface area (TPSA) is 82.1 Å². The zero-order chi connectivity index (χ0) is 22.1. The Morgan fingerprint density at radius 2 is 1.73 bits per heavy atom. The minimum atomic E-state index is -3.71. The van der Waals surface area contributed by atoms with E-state index in [4.69, 9.17) is 13.7 Å². The van der Waals surface area contributed by atoms with E-state index in [1.54, 1.807) is 23.1 Å². The van der Waals surface area contributed by atoms with Gasteiger partial charge in [-0.1, -0.05) is 50.2 Å². The van der Waals surface area contributed by atoms with Gasteiger partial charge in [-0.2, -0.15) is 8.42 Å². The molecule has 0 aliphatic rings. The first kappa shape index (κ1) is 23.7. The number of ether oxygens (including phenoxy) is 2. The quantitative estimate of drug-likeness (QED) is 0.504. The number of methoxy groups -OCH3 is 1. The smallest absolute Gasteiger partial charge is 0.306 e. The summed E-state index contributed by atoms with van der Waals surface area (Å²) in [4.78, 5) is 14.5. The van der Waals surface area contributed by atoms with Crippen molar-refractivity contribution in [3.63, 3.8) is 0 Å².